The number of ether oxygens (including phenoxy) is 2. The van der Waals surface area contributed by atoms with Crippen LogP contribution in [0.15, 0.2) is 48.5 Å². The largest absolute Gasteiger partial charge is 0.490 e. The number of aliphatic hydroxyl groups is 1. The molecule has 0 aliphatic heterocycles. The first-order chi connectivity index (χ1) is 9.28. The van der Waals surface area contributed by atoms with Gasteiger partial charge in [0.05, 0.1) is 6.61 Å². The van der Waals surface area contributed by atoms with Crippen molar-refractivity contribution >= 4 is 0 Å². The molecule has 0 aromatic heterocycles. The van der Waals surface area contributed by atoms with E-state index in [0.717, 1.165) is 17.1 Å². The van der Waals surface area contributed by atoms with Gasteiger partial charge in [0, 0.05) is 0 Å². The summed E-state index contributed by atoms with van der Waals surface area (Å²) in [6.45, 7) is 3.09. The highest BCUT2D eigenvalue weighted by molar-refractivity contribution is 5.27. The second-order valence-electron chi connectivity index (χ2n) is 4.31. The second-order valence-corrected chi connectivity index (χ2v) is 4.31. The summed E-state index contributed by atoms with van der Waals surface area (Å²) < 4.78 is 11.1. The zero-order valence-corrected chi connectivity index (χ0v) is 11.0. The fourth-order valence-corrected chi connectivity index (χ4v) is 1.64. The third-order valence-corrected chi connectivity index (χ3v) is 2.75. The van der Waals surface area contributed by atoms with Gasteiger partial charge in [-0.25, -0.2) is 0 Å². The van der Waals surface area contributed by atoms with Crippen molar-refractivity contribution in [2.24, 2.45) is 0 Å². The van der Waals surface area contributed by atoms with Crippen LogP contribution in [0.1, 0.15) is 11.1 Å². The van der Waals surface area contributed by atoms with Crippen molar-refractivity contribution in [3.8, 4) is 11.5 Å². The smallest absolute Gasteiger partial charge is 0.122 e. The summed E-state index contributed by atoms with van der Waals surface area (Å²) in [5.74, 6) is 1.63. The standard InChI is InChI=1S/C16H18O3/c1-13-2-6-15(7-3-13)18-10-11-19-16-8-4-14(12-17)5-9-16/h2-9,17H,10-12H2,1H3. The highest BCUT2D eigenvalue weighted by Crippen LogP contribution is 2.13. The zero-order chi connectivity index (χ0) is 13.5. The molecule has 0 atom stereocenters. The van der Waals surface area contributed by atoms with E-state index in [0.29, 0.717) is 13.2 Å². The summed E-state index contributed by atoms with van der Waals surface area (Å²) in [6.07, 6.45) is 0. The van der Waals surface area contributed by atoms with E-state index in [1.165, 1.54) is 5.56 Å². The molecule has 1 N–H and O–H groups in total. The molecule has 0 bridgehead atoms. The molecule has 2 aromatic carbocycles. The van der Waals surface area contributed by atoms with Crippen LogP contribution in [0.3, 0.4) is 0 Å². The Labute approximate surface area is 113 Å². The molecule has 0 aliphatic rings. The van der Waals surface area contributed by atoms with Gasteiger partial charge in [-0.2, -0.15) is 0 Å². The lowest BCUT2D eigenvalue weighted by atomic mass is 10.2. The van der Waals surface area contributed by atoms with Gasteiger partial charge in [0.2, 0.25) is 0 Å². The minimum Gasteiger partial charge on any atom is -0.490 e. The van der Waals surface area contributed by atoms with Crippen molar-refractivity contribution in [3.63, 3.8) is 0 Å². The van der Waals surface area contributed by atoms with Crippen LogP contribution in [0.25, 0.3) is 0 Å². The van der Waals surface area contributed by atoms with Gasteiger partial charge in [-0.1, -0.05) is 29.8 Å². The second kappa shape index (κ2) is 6.81. The normalized spacial score (nSPS) is 10.2. The van der Waals surface area contributed by atoms with Crippen LogP contribution in [-0.4, -0.2) is 18.3 Å². The average Bonchev–Trinajstić information content (AvgIpc) is 2.46. The molecule has 0 fully saturated rings. The van der Waals surface area contributed by atoms with Crippen LogP contribution < -0.4 is 9.47 Å². The number of aliphatic hydroxyl groups excluding tert-OH is 1. The van der Waals surface area contributed by atoms with Crippen molar-refractivity contribution in [3.05, 3.63) is 59.7 Å². The van der Waals surface area contributed by atoms with E-state index in [9.17, 15) is 0 Å². The molecule has 0 amide bonds. The highest BCUT2D eigenvalue weighted by Gasteiger charge is 1.96. The summed E-state index contributed by atoms with van der Waals surface area (Å²) in [7, 11) is 0. The van der Waals surface area contributed by atoms with E-state index in [1.807, 2.05) is 55.5 Å². The predicted molar refractivity (Wildman–Crippen MR) is 74.5 cm³/mol. The Morgan fingerprint density at radius 3 is 1.74 bits per heavy atom. The van der Waals surface area contributed by atoms with Crippen LogP contribution in [0, 0.1) is 6.92 Å². The molecule has 3 nitrogen and oxygen atoms in total. The Bertz CT molecular complexity index is 488. The Kier molecular flexibility index (Phi) is 4.81. The Hall–Kier alpha value is -2.00. The molecule has 2 aromatic rings. The first-order valence-corrected chi connectivity index (χ1v) is 6.30. The van der Waals surface area contributed by atoms with Crippen molar-refractivity contribution in [2.45, 2.75) is 13.5 Å². The van der Waals surface area contributed by atoms with Gasteiger partial charge in [0.25, 0.3) is 0 Å². The van der Waals surface area contributed by atoms with Crippen LogP contribution >= 0.6 is 0 Å². The van der Waals surface area contributed by atoms with E-state index in [1.54, 1.807) is 0 Å². The summed E-state index contributed by atoms with van der Waals surface area (Å²) in [6, 6.07) is 15.3. The molecule has 0 heterocycles. The van der Waals surface area contributed by atoms with Crippen LogP contribution in [0.5, 0.6) is 11.5 Å². The molecule has 0 aliphatic carbocycles. The fourth-order valence-electron chi connectivity index (χ4n) is 1.64. The molecule has 0 saturated heterocycles. The van der Waals surface area contributed by atoms with E-state index < -0.39 is 0 Å². The highest BCUT2D eigenvalue weighted by atomic mass is 16.5. The Balaban J connectivity index is 1.72. The van der Waals surface area contributed by atoms with Crippen molar-refractivity contribution < 1.29 is 14.6 Å². The molecular weight excluding hydrogens is 240 g/mol. The molecule has 0 saturated carbocycles. The predicted octanol–water partition coefficient (Wildman–Crippen LogP) is 2.95. The molecule has 100 valence electrons. The lowest BCUT2D eigenvalue weighted by Gasteiger charge is -2.08. The minimum atomic E-state index is 0.0524. The summed E-state index contributed by atoms with van der Waals surface area (Å²) in [5.41, 5.74) is 2.09. The van der Waals surface area contributed by atoms with Gasteiger partial charge in [-0.05, 0) is 36.8 Å². The van der Waals surface area contributed by atoms with E-state index in [4.69, 9.17) is 14.6 Å². The summed E-state index contributed by atoms with van der Waals surface area (Å²) >= 11 is 0. The Morgan fingerprint density at radius 2 is 1.26 bits per heavy atom. The van der Waals surface area contributed by atoms with E-state index in [2.05, 4.69) is 0 Å². The van der Waals surface area contributed by atoms with E-state index >= 15 is 0 Å². The maximum atomic E-state index is 8.93. The quantitative estimate of drug-likeness (QED) is 0.810. The van der Waals surface area contributed by atoms with Crippen LogP contribution in [-0.2, 0) is 6.61 Å². The van der Waals surface area contributed by atoms with Crippen LogP contribution in [0.2, 0.25) is 0 Å². The molecule has 0 unspecified atom stereocenters. The van der Waals surface area contributed by atoms with E-state index in [-0.39, 0.29) is 6.61 Å². The van der Waals surface area contributed by atoms with Crippen molar-refractivity contribution in [2.75, 3.05) is 13.2 Å². The fraction of sp³-hybridized carbons (Fsp3) is 0.250. The number of aryl methyl sites for hydroxylation is 1. The van der Waals surface area contributed by atoms with Gasteiger partial charge in [-0.3, -0.25) is 0 Å². The maximum absolute atomic E-state index is 8.93. The van der Waals surface area contributed by atoms with Gasteiger partial charge in [-0.15, -0.1) is 0 Å². The molecule has 3 heteroatoms. The van der Waals surface area contributed by atoms with Gasteiger partial charge in [0.15, 0.2) is 0 Å². The third-order valence-electron chi connectivity index (χ3n) is 2.75. The number of rotatable bonds is 6. The van der Waals surface area contributed by atoms with Crippen molar-refractivity contribution in [1.82, 2.24) is 0 Å². The lowest BCUT2D eigenvalue weighted by molar-refractivity contribution is 0.217. The van der Waals surface area contributed by atoms with Gasteiger partial charge >= 0.3 is 0 Å². The maximum Gasteiger partial charge on any atom is 0.122 e. The first kappa shape index (κ1) is 13.4. The monoisotopic (exact) mass is 258 g/mol. The third kappa shape index (κ3) is 4.30. The van der Waals surface area contributed by atoms with Crippen LogP contribution in [0.4, 0.5) is 0 Å². The molecular formula is C16H18O3. The topological polar surface area (TPSA) is 38.7 Å². The zero-order valence-electron chi connectivity index (χ0n) is 11.0. The molecule has 19 heavy (non-hydrogen) atoms. The van der Waals surface area contributed by atoms with Crippen molar-refractivity contribution in [1.29, 1.82) is 0 Å². The molecule has 0 spiro atoms. The summed E-state index contributed by atoms with van der Waals surface area (Å²) in [4.78, 5) is 0. The summed E-state index contributed by atoms with van der Waals surface area (Å²) in [5, 5.41) is 8.93. The first-order valence-electron chi connectivity index (χ1n) is 6.30. The number of benzene rings is 2. The lowest BCUT2D eigenvalue weighted by Crippen LogP contribution is -2.08. The number of hydrogen-bond donors (Lipinski definition) is 1. The molecule has 0 radical (unpaired) electrons. The average molecular weight is 258 g/mol. The van der Waals surface area contributed by atoms with Gasteiger partial charge < -0.3 is 14.6 Å². The van der Waals surface area contributed by atoms with Gasteiger partial charge in [0.1, 0.15) is 24.7 Å². The molecule has 2 rings (SSSR count). The number of hydrogen-bond acceptors (Lipinski definition) is 3. The minimum absolute atomic E-state index is 0.0524. The SMILES string of the molecule is Cc1ccc(OCCOc2ccc(CO)cc2)cc1. The Morgan fingerprint density at radius 1 is 0.789 bits per heavy atom.